The van der Waals surface area contributed by atoms with Gasteiger partial charge >= 0.3 is 12.3 Å². The van der Waals surface area contributed by atoms with E-state index in [4.69, 9.17) is 22.1 Å². The molecule has 2 aromatic heterocycles. The van der Waals surface area contributed by atoms with Gasteiger partial charge in [0.1, 0.15) is 30.0 Å². The first kappa shape index (κ1) is 40.2. The monoisotopic (exact) mass is 826 g/mol. The smallest absolute Gasteiger partial charge is 0.411 e. The quantitative estimate of drug-likeness (QED) is 0.187. The second-order valence-electron chi connectivity index (χ2n) is 16.2. The van der Waals surface area contributed by atoms with Crippen molar-refractivity contribution >= 4 is 35.1 Å². The fourth-order valence-corrected chi connectivity index (χ4v) is 7.62. The Morgan fingerprint density at radius 1 is 1.14 bits per heavy atom. The van der Waals surface area contributed by atoms with Crippen molar-refractivity contribution in [3.63, 3.8) is 0 Å². The van der Waals surface area contributed by atoms with Crippen LogP contribution >= 0.6 is 11.6 Å². The van der Waals surface area contributed by atoms with Gasteiger partial charge in [0.25, 0.3) is 12.3 Å². The van der Waals surface area contributed by atoms with Gasteiger partial charge in [0.15, 0.2) is 23.1 Å². The number of halogens is 8. The van der Waals surface area contributed by atoms with Gasteiger partial charge in [-0.05, 0) is 68.6 Å². The second-order valence-corrected chi connectivity index (χ2v) is 16.6. The predicted molar refractivity (Wildman–Crippen MR) is 190 cm³/mol. The molecule has 13 nitrogen and oxygen atoms in total. The summed E-state index contributed by atoms with van der Waals surface area (Å²) in [5.41, 5.74) is -1.11. The molecule has 21 heteroatoms. The van der Waals surface area contributed by atoms with Gasteiger partial charge in [0, 0.05) is 5.57 Å². The summed E-state index contributed by atoms with van der Waals surface area (Å²) in [4.78, 5) is 38.6. The van der Waals surface area contributed by atoms with Gasteiger partial charge in [0.2, 0.25) is 0 Å². The van der Waals surface area contributed by atoms with E-state index >= 15 is 13.6 Å². The summed E-state index contributed by atoms with van der Waals surface area (Å²) in [5.74, 6) is -4.84. The van der Waals surface area contributed by atoms with Crippen LogP contribution in [0.4, 0.5) is 35.5 Å². The number of aromatic nitrogens is 6. The van der Waals surface area contributed by atoms with Gasteiger partial charge in [-0.25, -0.2) is 37.0 Å². The van der Waals surface area contributed by atoms with Crippen molar-refractivity contribution in [2.24, 2.45) is 21.6 Å². The lowest BCUT2D eigenvalue weighted by Gasteiger charge is -2.46. The van der Waals surface area contributed by atoms with E-state index in [0.717, 1.165) is 28.8 Å². The maximum Gasteiger partial charge on any atom is 0.411 e. The third-order valence-electron chi connectivity index (χ3n) is 10.8. The maximum absolute atomic E-state index is 16.9. The lowest BCUT2D eigenvalue weighted by molar-refractivity contribution is -0.164. The summed E-state index contributed by atoms with van der Waals surface area (Å²) in [7, 11) is 0. The van der Waals surface area contributed by atoms with Crippen molar-refractivity contribution in [1.29, 1.82) is 0 Å². The number of allylic oxidation sites excluding steroid dienone is 3. The average molecular weight is 827 g/mol. The predicted octanol–water partition coefficient (Wildman–Crippen LogP) is 7.62. The molecule has 57 heavy (non-hydrogen) atoms. The third kappa shape index (κ3) is 7.02. The third-order valence-corrected chi connectivity index (χ3v) is 11.1. The van der Waals surface area contributed by atoms with Crippen LogP contribution in [-0.4, -0.2) is 76.5 Å². The number of nitrogens with one attached hydrogen (secondary N) is 1. The van der Waals surface area contributed by atoms with Gasteiger partial charge in [-0.15, -0.1) is 0 Å². The number of carbonyl (C=O) groups excluding carboxylic acids is 2. The topological polar surface area (TPSA) is 158 Å². The molecule has 0 spiro atoms. The fraction of sp³-hybridized carbons (Fsp3) is 0.528. The van der Waals surface area contributed by atoms with Crippen LogP contribution in [0, 0.1) is 10.8 Å². The first-order valence-corrected chi connectivity index (χ1v) is 18.4. The van der Waals surface area contributed by atoms with Crippen LogP contribution in [0.2, 0.25) is 5.02 Å². The number of rotatable bonds is 11. The number of nitrogens with zero attached hydrogens (tertiary/aromatic N) is 8. The fourth-order valence-electron chi connectivity index (χ4n) is 7.43. The first-order chi connectivity index (χ1) is 26.6. The van der Waals surface area contributed by atoms with Crippen LogP contribution in [0.1, 0.15) is 102 Å². The van der Waals surface area contributed by atoms with Gasteiger partial charge in [-0.3, -0.25) is 9.69 Å². The highest BCUT2D eigenvalue weighted by molar-refractivity contribution is 6.32. The summed E-state index contributed by atoms with van der Waals surface area (Å²) in [6.45, 7) is 5.73. The number of carbonyl (C=O) groups is 2. The summed E-state index contributed by atoms with van der Waals surface area (Å²) in [6, 6.07) is 2.37. The molecule has 2 saturated carbocycles. The lowest BCUT2D eigenvalue weighted by Crippen LogP contribution is -2.57. The van der Waals surface area contributed by atoms with E-state index in [0.29, 0.717) is 0 Å². The van der Waals surface area contributed by atoms with Crippen LogP contribution in [0.25, 0.3) is 11.3 Å². The lowest BCUT2D eigenvalue weighted by atomic mass is 9.60. The van der Waals surface area contributed by atoms with E-state index < -0.39 is 82.6 Å². The second kappa shape index (κ2) is 13.8. The number of amides is 2. The van der Waals surface area contributed by atoms with E-state index in [1.54, 1.807) is 20.8 Å². The molecule has 1 aliphatic heterocycles. The van der Waals surface area contributed by atoms with E-state index in [-0.39, 0.29) is 59.3 Å². The van der Waals surface area contributed by atoms with Crippen LogP contribution < -0.4 is 11.1 Å². The summed E-state index contributed by atoms with van der Waals surface area (Å²) >= 11 is 6.42. The van der Waals surface area contributed by atoms with Crippen LogP contribution in [0.3, 0.4) is 0 Å². The number of hydrogen-bond acceptors (Lipinski definition) is 9. The highest BCUT2D eigenvalue weighted by atomic mass is 35.5. The minimum atomic E-state index is -4.78. The van der Waals surface area contributed by atoms with Gasteiger partial charge in [-0.1, -0.05) is 44.5 Å². The van der Waals surface area contributed by atoms with Crippen molar-refractivity contribution in [3.8, 4) is 5.69 Å². The average Bonchev–Trinajstić information content (AvgIpc) is 4.00. The molecule has 1 unspecified atom stereocenters. The number of guanidine groups is 1. The minimum absolute atomic E-state index is 0.0184. The molecule has 3 aliphatic carbocycles. The minimum Gasteiger partial charge on any atom is -0.447 e. The zero-order valence-electron chi connectivity index (χ0n) is 31.0. The SMILES string of the molecule is CC(C)(C)C[C@]1(C2(C)CC=C(c3cnn(C4CC4)n3)C(F)=C2F)N=C(N)N([C@H](COC(=O)NC2(C(F)(F)F)CC2)c2ccc(Cl)c(-n3ncnc3C(F)F)c2)C1=O. The summed E-state index contributed by atoms with van der Waals surface area (Å²) in [6.07, 6.45) is -5.28. The molecule has 7 rings (SSSR count). The van der Waals surface area contributed by atoms with E-state index in [1.165, 1.54) is 42.2 Å². The van der Waals surface area contributed by atoms with Crippen molar-refractivity contribution in [2.75, 3.05) is 6.61 Å². The standard InChI is InChI=1S/C36H38ClF7N10O3/c1-32(2,3)16-35(33(4)10-9-20(25(38)26(33)39)22-14-47-54(51-22)19-6-7-19)29(55)52(30(45)49-35)24(15-57-31(56)50-34(11-12-34)36(42,43)44)18-5-8-21(37)23(13-18)53-28(27(40)41)46-17-48-53/h5,8-9,13-14,17,19,24,27H,6-7,10-12,15-16H2,1-4H3,(H2,45,49)(H,50,56)/t24-,33?,35+/m1/s1. The number of hydrogen-bond donors (Lipinski definition) is 2. The molecule has 0 radical (unpaired) electrons. The number of benzene rings is 1. The normalized spacial score (nSPS) is 24.2. The number of aliphatic imine (C=N–C) groups is 1. The molecule has 0 saturated heterocycles. The molecule has 3 heterocycles. The van der Waals surface area contributed by atoms with Gasteiger partial charge in [0.05, 0.1) is 34.4 Å². The number of ether oxygens (including phenoxy) is 1. The Morgan fingerprint density at radius 3 is 2.46 bits per heavy atom. The van der Waals surface area contributed by atoms with Crippen molar-refractivity contribution < 1.29 is 45.1 Å². The van der Waals surface area contributed by atoms with Crippen molar-refractivity contribution in [2.45, 2.75) is 102 Å². The van der Waals surface area contributed by atoms with E-state index in [1.807, 2.05) is 5.32 Å². The Balaban J connectivity index is 1.29. The van der Waals surface area contributed by atoms with Crippen molar-refractivity contribution in [3.05, 3.63) is 70.6 Å². The van der Waals surface area contributed by atoms with Crippen LogP contribution in [0.15, 0.2) is 53.4 Å². The number of alkyl carbamates (subject to hydrolysis) is 1. The maximum atomic E-state index is 16.9. The molecule has 306 valence electrons. The Kier molecular flexibility index (Phi) is 9.75. The van der Waals surface area contributed by atoms with Crippen LogP contribution in [0.5, 0.6) is 0 Å². The molecule has 1 aromatic carbocycles. The van der Waals surface area contributed by atoms with Gasteiger partial charge < -0.3 is 15.8 Å². The number of nitrogens with two attached hydrogens (primary N) is 1. The Labute approximate surface area is 326 Å². The molecule has 2 amide bonds. The Bertz CT molecular complexity index is 2200. The summed E-state index contributed by atoms with van der Waals surface area (Å²) in [5, 5.41) is 14.1. The molecule has 4 aliphatic rings. The zero-order chi connectivity index (χ0) is 41.5. The largest absolute Gasteiger partial charge is 0.447 e. The van der Waals surface area contributed by atoms with E-state index in [2.05, 4.69) is 25.3 Å². The summed E-state index contributed by atoms with van der Waals surface area (Å²) < 4.78 is 108. The highest BCUT2D eigenvalue weighted by Crippen LogP contribution is 2.58. The molecule has 3 N–H and O–H groups in total. The molecule has 3 atom stereocenters. The zero-order valence-corrected chi connectivity index (χ0v) is 31.8. The Hall–Kier alpha value is -5.01. The van der Waals surface area contributed by atoms with E-state index in [9.17, 15) is 26.7 Å². The highest BCUT2D eigenvalue weighted by Gasteiger charge is 2.66. The first-order valence-electron chi connectivity index (χ1n) is 18.0. The van der Waals surface area contributed by atoms with Crippen molar-refractivity contribution in [1.82, 2.24) is 40.0 Å². The molecule has 0 bridgehead atoms. The van der Waals surface area contributed by atoms with Gasteiger partial charge in [-0.2, -0.15) is 33.3 Å². The Morgan fingerprint density at radius 2 is 1.84 bits per heavy atom. The molecular formula is C36H38ClF7N10O3. The molecule has 2 fully saturated rings. The molecular weight excluding hydrogens is 789 g/mol. The molecule has 3 aromatic rings. The van der Waals surface area contributed by atoms with Crippen LogP contribution in [-0.2, 0) is 9.53 Å². The number of alkyl halides is 5.